The van der Waals surface area contributed by atoms with E-state index in [2.05, 4.69) is 9.97 Å². The minimum atomic E-state index is -0.846. The monoisotopic (exact) mass is 235 g/mol. The predicted octanol–water partition coefficient (Wildman–Crippen LogP) is 0.332. The van der Waals surface area contributed by atoms with Gasteiger partial charge in [0.05, 0.1) is 17.2 Å². The van der Waals surface area contributed by atoms with Gasteiger partial charge in [0.25, 0.3) is 5.91 Å². The number of carbonyl (C=O) groups excluding carboxylic acids is 1. The lowest BCUT2D eigenvalue weighted by Gasteiger charge is -2.16. The van der Waals surface area contributed by atoms with Gasteiger partial charge in [-0.25, -0.2) is 9.97 Å². The van der Waals surface area contributed by atoms with E-state index in [1.165, 1.54) is 12.5 Å². The molecular weight excluding hydrogens is 222 g/mol. The van der Waals surface area contributed by atoms with Gasteiger partial charge in [-0.3, -0.25) is 9.59 Å². The summed E-state index contributed by atoms with van der Waals surface area (Å²) in [7, 11) is 0. The first kappa shape index (κ1) is 11.5. The van der Waals surface area contributed by atoms with Crippen molar-refractivity contribution in [3.05, 3.63) is 23.8 Å². The molecule has 0 radical (unpaired) electrons. The zero-order valence-corrected chi connectivity index (χ0v) is 9.46. The number of likely N-dealkylation sites (tertiary alicyclic amines) is 1. The van der Waals surface area contributed by atoms with Crippen LogP contribution in [0.15, 0.2) is 12.5 Å². The van der Waals surface area contributed by atoms with Crippen LogP contribution in [0.4, 0.5) is 0 Å². The van der Waals surface area contributed by atoms with Crippen molar-refractivity contribution in [2.45, 2.75) is 13.3 Å². The van der Waals surface area contributed by atoms with Crippen molar-refractivity contribution >= 4 is 11.9 Å². The molecule has 6 nitrogen and oxygen atoms in total. The van der Waals surface area contributed by atoms with Gasteiger partial charge in [-0.2, -0.15) is 0 Å². The Morgan fingerprint density at radius 1 is 1.53 bits per heavy atom. The standard InChI is InChI=1S/C11H13N3O3/c1-7-9(4-12-6-13-7)10(15)14-3-2-8(5-14)11(16)17/h4,6,8H,2-3,5H2,1H3,(H,16,17). The van der Waals surface area contributed by atoms with E-state index in [1.807, 2.05) is 0 Å². The molecule has 0 saturated carbocycles. The first-order valence-electron chi connectivity index (χ1n) is 5.38. The predicted molar refractivity (Wildman–Crippen MR) is 58.4 cm³/mol. The Morgan fingerprint density at radius 2 is 2.29 bits per heavy atom. The maximum absolute atomic E-state index is 12.1. The Balaban J connectivity index is 2.13. The highest BCUT2D eigenvalue weighted by atomic mass is 16.4. The number of rotatable bonds is 2. The summed E-state index contributed by atoms with van der Waals surface area (Å²) in [5.74, 6) is -1.49. The highest BCUT2D eigenvalue weighted by Crippen LogP contribution is 2.19. The highest BCUT2D eigenvalue weighted by molar-refractivity contribution is 5.95. The lowest BCUT2D eigenvalue weighted by Crippen LogP contribution is -2.30. The third-order valence-electron chi connectivity index (χ3n) is 2.97. The van der Waals surface area contributed by atoms with Gasteiger partial charge in [0.15, 0.2) is 0 Å². The minimum absolute atomic E-state index is 0.188. The van der Waals surface area contributed by atoms with Crippen molar-refractivity contribution in [1.29, 1.82) is 0 Å². The van der Waals surface area contributed by atoms with E-state index in [1.54, 1.807) is 11.8 Å². The molecule has 6 heteroatoms. The van der Waals surface area contributed by atoms with E-state index in [0.717, 1.165) is 0 Å². The van der Waals surface area contributed by atoms with Crippen molar-refractivity contribution in [2.75, 3.05) is 13.1 Å². The van der Waals surface area contributed by atoms with Gasteiger partial charge in [-0.05, 0) is 13.3 Å². The molecule has 1 N–H and O–H groups in total. The second kappa shape index (κ2) is 4.48. The van der Waals surface area contributed by atoms with Gasteiger partial charge in [0, 0.05) is 19.3 Å². The molecule has 17 heavy (non-hydrogen) atoms. The van der Waals surface area contributed by atoms with Gasteiger partial charge in [-0.1, -0.05) is 0 Å². The van der Waals surface area contributed by atoms with E-state index in [0.29, 0.717) is 24.2 Å². The number of nitrogens with zero attached hydrogens (tertiary/aromatic N) is 3. The summed E-state index contributed by atoms with van der Waals surface area (Å²) < 4.78 is 0. The molecule has 0 bridgehead atoms. The molecule has 2 heterocycles. The molecule has 1 aliphatic heterocycles. The molecule has 1 atom stereocenters. The summed E-state index contributed by atoms with van der Waals surface area (Å²) >= 11 is 0. The van der Waals surface area contributed by atoms with Crippen LogP contribution in [0, 0.1) is 12.8 Å². The van der Waals surface area contributed by atoms with E-state index in [-0.39, 0.29) is 12.5 Å². The SMILES string of the molecule is Cc1ncncc1C(=O)N1CCC(C(=O)O)C1. The number of hydrogen-bond donors (Lipinski definition) is 1. The van der Waals surface area contributed by atoms with Gasteiger partial charge >= 0.3 is 5.97 Å². The number of carbonyl (C=O) groups is 2. The van der Waals surface area contributed by atoms with Crippen molar-refractivity contribution in [3.63, 3.8) is 0 Å². The minimum Gasteiger partial charge on any atom is -0.481 e. The molecule has 1 aromatic heterocycles. The molecule has 2 rings (SSSR count). The summed E-state index contributed by atoms with van der Waals surface area (Å²) in [5, 5.41) is 8.88. The van der Waals surface area contributed by atoms with Crippen LogP contribution in [0.2, 0.25) is 0 Å². The Kier molecular flexibility index (Phi) is 3.03. The second-order valence-electron chi connectivity index (χ2n) is 4.10. The Bertz CT molecular complexity index is 461. The molecule has 0 aliphatic carbocycles. The number of carboxylic acids is 1. The van der Waals surface area contributed by atoms with Crippen molar-refractivity contribution in [3.8, 4) is 0 Å². The van der Waals surface area contributed by atoms with E-state index in [9.17, 15) is 9.59 Å². The van der Waals surface area contributed by atoms with Crippen LogP contribution in [0.5, 0.6) is 0 Å². The summed E-state index contributed by atoms with van der Waals surface area (Å²) in [6, 6.07) is 0. The molecule has 1 saturated heterocycles. The first-order valence-corrected chi connectivity index (χ1v) is 5.38. The number of aliphatic carboxylic acids is 1. The number of carboxylic acid groups (broad SMARTS) is 1. The maximum Gasteiger partial charge on any atom is 0.308 e. The van der Waals surface area contributed by atoms with Gasteiger partial charge < -0.3 is 10.0 Å². The Labute approximate surface area is 98.3 Å². The topological polar surface area (TPSA) is 83.4 Å². The molecule has 1 unspecified atom stereocenters. The molecule has 1 aliphatic rings. The third-order valence-corrected chi connectivity index (χ3v) is 2.97. The van der Waals surface area contributed by atoms with Crippen molar-refractivity contribution < 1.29 is 14.7 Å². The van der Waals surface area contributed by atoms with Crippen LogP contribution >= 0.6 is 0 Å². The molecular formula is C11H13N3O3. The van der Waals surface area contributed by atoms with Gasteiger partial charge in [-0.15, -0.1) is 0 Å². The number of aryl methyl sites for hydroxylation is 1. The van der Waals surface area contributed by atoms with Crippen LogP contribution in [-0.4, -0.2) is 44.9 Å². The van der Waals surface area contributed by atoms with E-state index >= 15 is 0 Å². The molecule has 1 amide bonds. The van der Waals surface area contributed by atoms with Crippen molar-refractivity contribution in [1.82, 2.24) is 14.9 Å². The zero-order valence-electron chi connectivity index (χ0n) is 9.46. The van der Waals surface area contributed by atoms with Gasteiger partial charge in [0.2, 0.25) is 0 Å². The molecule has 1 fully saturated rings. The molecule has 0 spiro atoms. The summed E-state index contributed by atoms with van der Waals surface area (Å²) in [4.78, 5) is 32.2. The average molecular weight is 235 g/mol. The van der Waals surface area contributed by atoms with Gasteiger partial charge in [0.1, 0.15) is 6.33 Å². The Hall–Kier alpha value is -1.98. The maximum atomic E-state index is 12.1. The number of hydrogen-bond acceptors (Lipinski definition) is 4. The summed E-state index contributed by atoms with van der Waals surface area (Å²) in [6.07, 6.45) is 3.36. The lowest BCUT2D eigenvalue weighted by atomic mass is 10.1. The highest BCUT2D eigenvalue weighted by Gasteiger charge is 2.31. The second-order valence-corrected chi connectivity index (χ2v) is 4.10. The van der Waals surface area contributed by atoms with Crippen LogP contribution in [0.25, 0.3) is 0 Å². The van der Waals surface area contributed by atoms with E-state index < -0.39 is 11.9 Å². The molecule has 1 aromatic rings. The first-order chi connectivity index (χ1) is 8.09. The van der Waals surface area contributed by atoms with Crippen LogP contribution in [0.3, 0.4) is 0 Å². The third kappa shape index (κ3) is 2.25. The van der Waals surface area contributed by atoms with Crippen LogP contribution in [-0.2, 0) is 4.79 Å². The fraction of sp³-hybridized carbons (Fsp3) is 0.455. The zero-order chi connectivity index (χ0) is 12.4. The van der Waals surface area contributed by atoms with Crippen LogP contribution in [0.1, 0.15) is 22.5 Å². The van der Waals surface area contributed by atoms with E-state index in [4.69, 9.17) is 5.11 Å². The molecule has 90 valence electrons. The molecule has 0 aromatic carbocycles. The van der Waals surface area contributed by atoms with Crippen molar-refractivity contribution in [2.24, 2.45) is 5.92 Å². The number of amides is 1. The summed E-state index contributed by atoms with van der Waals surface area (Å²) in [5.41, 5.74) is 1.06. The normalized spacial score (nSPS) is 19.4. The average Bonchev–Trinajstić information content (AvgIpc) is 2.78. The lowest BCUT2D eigenvalue weighted by molar-refractivity contribution is -0.141. The number of aromatic nitrogens is 2. The smallest absolute Gasteiger partial charge is 0.308 e. The Morgan fingerprint density at radius 3 is 2.88 bits per heavy atom. The van der Waals surface area contributed by atoms with Crippen LogP contribution < -0.4 is 0 Å². The summed E-state index contributed by atoms with van der Waals surface area (Å²) in [6.45, 7) is 2.48. The fourth-order valence-electron chi connectivity index (χ4n) is 1.92. The fourth-order valence-corrected chi connectivity index (χ4v) is 1.92. The largest absolute Gasteiger partial charge is 0.481 e. The quantitative estimate of drug-likeness (QED) is 0.798.